The van der Waals surface area contributed by atoms with Crippen molar-refractivity contribution in [2.24, 2.45) is 11.7 Å². The largest absolute Gasteiger partial charge is 0.478 e. The number of aromatic carboxylic acids is 1. The Balaban J connectivity index is 0.000000271. The molecule has 0 saturated heterocycles. The number of aliphatic hydroxyl groups is 1. The molecule has 2 aliphatic rings. The van der Waals surface area contributed by atoms with Crippen LogP contribution in [0.5, 0.6) is 0 Å². The minimum Gasteiger partial charge on any atom is -0.478 e. The highest BCUT2D eigenvalue weighted by Gasteiger charge is 2.33. The monoisotopic (exact) mass is 644 g/mol. The van der Waals surface area contributed by atoms with Gasteiger partial charge >= 0.3 is 23.9 Å². The molecule has 0 spiro atoms. The predicted molar refractivity (Wildman–Crippen MR) is 163 cm³/mol. The molecule has 2 heterocycles. The number of hydrogen-bond acceptors (Lipinski definition) is 12. The van der Waals surface area contributed by atoms with E-state index >= 15 is 0 Å². The first kappa shape index (κ1) is 37.7. The van der Waals surface area contributed by atoms with Crippen molar-refractivity contribution >= 4 is 35.7 Å². The topological polar surface area (TPSA) is 209 Å². The summed E-state index contributed by atoms with van der Waals surface area (Å²) in [4.78, 5) is 69.5. The molecule has 0 fully saturated rings. The van der Waals surface area contributed by atoms with E-state index in [0.717, 1.165) is 11.0 Å². The van der Waals surface area contributed by atoms with Gasteiger partial charge in [0.25, 0.3) is 11.8 Å². The van der Waals surface area contributed by atoms with E-state index in [9.17, 15) is 28.8 Å². The van der Waals surface area contributed by atoms with Crippen LogP contribution < -0.4 is 5.73 Å². The number of carbonyl (C=O) groups excluding carboxylic acids is 5. The maximum absolute atomic E-state index is 12.1. The minimum absolute atomic E-state index is 0.00917. The van der Waals surface area contributed by atoms with Crippen molar-refractivity contribution in [2.45, 2.75) is 52.9 Å². The second-order valence-corrected chi connectivity index (χ2v) is 11.2. The summed E-state index contributed by atoms with van der Waals surface area (Å²) in [5, 5.41) is 17.3. The van der Waals surface area contributed by atoms with Crippen LogP contribution in [-0.4, -0.2) is 103 Å². The van der Waals surface area contributed by atoms with Gasteiger partial charge in [-0.25, -0.2) is 19.2 Å². The second kappa shape index (κ2) is 17.3. The van der Waals surface area contributed by atoms with E-state index in [4.69, 9.17) is 30.2 Å². The normalized spacial score (nSPS) is 15.1. The fraction of sp³-hybridized carbons (Fsp3) is 0.438. The molecule has 0 radical (unpaired) electrons. The Hall–Kier alpha value is -4.50. The molecule has 2 aromatic carbocycles. The summed E-state index contributed by atoms with van der Waals surface area (Å²) in [5.41, 5.74) is 6.23. The highest BCUT2D eigenvalue weighted by atomic mass is 16.6. The SMILES string of the molecule is CC(C)COCC(C)OC(=O)c1ccc2c(c1)C(=O)N(C)C2=O.CC(N)COCC(C)O.O=C(O)c1ccc2c(c1)C(=O)OC2=O. The number of hydrogen-bond donors (Lipinski definition) is 3. The number of fused-ring (bicyclic) bond motifs is 2. The van der Waals surface area contributed by atoms with Crippen LogP contribution in [0.15, 0.2) is 36.4 Å². The lowest BCUT2D eigenvalue weighted by molar-refractivity contribution is -0.00251. The maximum Gasteiger partial charge on any atom is 0.346 e. The molecule has 4 N–H and O–H groups in total. The molecule has 0 bridgehead atoms. The van der Waals surface area contributed by atoms with Crippen molar-refractivity contribution in [3.05, 3.63) is 69.8 Å². The summed E-state index contributed by atoms with van der Waals surface area (Å²) in [6.07, 6.45) is -0.779. The molecule has 2 amide bonds. The molecule has 0 aliphatic carbocycles. The van der Waals surface area contributed by atoms with E-state index in [2.05, 4.69) is 4.74 Å². The van der Waals surface area contributed by atoms with Gasteiger partial charge in [0.15, 0.2) is 0 Å². The molecule has 250 valence electrons. The number of esters is 3. The first-order valence-electron chi connectivity index (χ1n) is 14.4. The summed E-state index contributed by atoms with van der Waals surface area (Å²) in [6, 6.07) is 8.09. The Morgan fingerprint density at radius 1 is 0.783 bits per heavy atom. The quantitative estimate of drug-likeness (QED) is 0.183. The van der Waals surface area contributed by atoms with Crippen LogP contribution in [-0.2, 0) is 18.9 Å². The highest BCUT2D eigenvalue weighted by Crippen LogP contribution is 2.23. The molecule has 0 aromatic heterocycles. The van der Waals surface area contributed by atoms with E-state index in [1.54, 1.807) is 13.8 Å². The van der Waals surface area contributed by atoms with E-state index in [1.165, 1.54) is 37.4 Å². The zero-order valence-electron chi connectivity index (χ0n) is 26.6. The van der Waals surface area contributed by atoms with Crippen molar-refractivity contribution in [2.75, 3.05) is 33.5 Å². The lowest BCUT2D eigenvalue weighted by Gasteiger charge is -2.14. The Morgan fingerprint density at radius 2 is 1.33 bits per heavy atom. The Labute approximate surface area is 266 Å². The van der Waals surface area contributed by atoms with Crippen molar-refractivity contribution in [3.63, 3.8) is 0 Å². The Kier molecular flexibility index (Phi) is 14.1. The average molecular weight is 645 g/mol. The van der Waals surface area contributed by atoms with Gasteiger partial charge in [-0.2, -0.15) is 0 Å². The highest BCUT2D eigenvalue weighted by molar-refractivity contribution is 6.21. The molecule has 46 heavy (non-hydrogen) atoms. The Bertz CT molecular complexity index is 1440. The summed E-state index contributed by atoms with van der Waals surface area (Å²) in [7, 11) is 1.41. The van der Waals surface area contributed by atoms with Crippen molar-refractivity contribution in [3.8, 4) is 0 Å². The summed E-state index contributed by atoms with van der Waals surface area (Å²) >= 11 is 0. The first-order valence-corrected chi connectivity index (χ1v) is 14.4. The van der Waals surface area contributed by atoms with Gasteiger partial charge in [0, 0.05) is 19.7 Å². The maximum atomic E-state index is 12.1. The van der Waals surface area contributed by atoms with Crippen LogP contribution in [0.25, 0.3) is 0 Å². The zero-order chi connectivity index (χ0) is 34.7. The third-order valence-corrected chi connectivity index (χ3v) is 6.07. The lowest BCUT2D eigenvalue weighted by Crippen LogP contribution is -2.24. The van der Waals surface area contributed by atoms with Gasteiger partial charge in [-0.1, -0.05) is 13.8 Å². The van der Waals surface area contributed by atoms with E-state index in [1.807, 2.05) is 20.8 Å². The molecule has 2 aromatic rings. The molecule has 3 unspecified atom stereocenters. The number of rotatable bonds is 11. The number of amides is 2. The number of nitrogens with zero attached hydrogens (tertiary/aromatic N) is 1. The summed E-state index contributed by atoms with van der Waals surface area (Å²) in [5.74, 6) is -3.58. The van der Waals surface area contributed by atoms with Crippen molar-refractivity contribution in [1.29, 1.82) is 0 Å². The average Bonchev–Trinajstić information content (AvgIpc) is 3.38. The zero-order valence-corrected chi connectivity index (χ0v) is 26.6. The number of benzene rings is 2. The van der Waals surface area contributed by atoms with Crippen LogP contribution in [0.4, 0.5) is 0 Å². The first-order chi connectivity index (χ1) is 21.5. The van der Waals surface area contributed by atoms with E-state index < -0.39 is 35.9 Å². The van der Waals surface area contributed by atoms with Crippen molar-refractivity contribution < 1.29 is 57.9 Å². The number of carboxylic acid groups (broad SMARTS) is 1. The van der Waals surface area contributed by atoms with Gasteiger partial charge in [0.05, 0.1) is 59.3 Å². The van der Waals surface area contributed by atoms with Gasteiger partial charge < -0.3 is 34.9 Å². The van der Waals surface area contributed by atoms with Crippen LogP contribution in [0.3, 0.4) is 0 Å². The molecule has 2 aliphatic heterocycles. The van der Waals surface area contributed by atoms with Crippen LogP contribution in [0.1, 0.15) is 96.8 Å². The van der Waals surface area contributed by atoms with Crippen LogP contribution >= 0.6 is 0 Å². The van der Waals surface area contributed by atoms with Gasteiger partial charge in [-0.05, 0) is 63.1 Å². The molecule has 0 saturated carbocycles. The number of aliphatic hydroxyl groups excluding tert-OH is 1. The van der Waals surface area contributed by atoms with Gasteiger partial charge in [-0.3, -0.25) is 14.5 Å². The third-order valence-electron chi connectivity index (χ3n) is 6.07. The summed E-state index contributed by atoms with van der Waals surface area (Å²) in [6.45, 7) is 11.2. The molecular formula is C32H40N2O12. The molecule has 14 nitrogen and oxygen atoms in total. The van der Waals surface area contributed by atoms with E-state index in [0.29, 0.717) is 37.9 Å². The summed E-state index contributed by atoms with van der Waals surface area (Å²) < 4.78 is 20.0. The molecule has 3 atom stereocenters. The molecule has 14 heteroatoms. The van der Waals surface area contributed by atoms with E-state index in [-0.39, 0.29) is 45.9 Å². The van der Waals surface area contributed by atoms with Crippen molar-refractivity contribution in [1.82, 2.24) is 4.90 Å². The smallest absolute Gasteiger partial charge is 0.346 e. The van der Waals surface area contributed by atoms with Gasteiger partial charge in [0.2, 0.25) is 0 Å². The third kappa shape index (κ3) is 10.8. The second-order valence-electron chi connectivity index (χ2n) is 11.2. The number of cyclic esters (lactones) is 2. The number of carboxylic acids is 1. The number of imide groups is 1. The Morgan fingerprint density at radius 3 is 1.91 bits per heavy atom. The predicted octanol–water partition coefficient (Wildman–Crippen LogP) is 2.56. The lowest BCUT2D eigenvalue weighted by atomic mass is 10.1. The fourth-order valence-corrected chi connectivity index (χ4v) is 3.89. The molecule has 4 rings (SSSR count). The minimum atomic E-state index is -1.15. The fourth-order valence-electron chi connectivity index (χ4n) is 3.89. The molecular weight excluding hydrogens is 604 g/mol. The van der Waals surface area contributed by atoms with Gasteiger partial charge in [-0.15, -0.1) is 0 Å². The number of ether oxygens (including phenoxy) is 4. The van der Waals surface area contributed by atoms with Crippen LogP contribution in [0.2, 0.25) is 0 Å². The number of carbonyl (C=O) groups is 6. The standard InChI is InChI=1S/C17H21NO5.C9H4O5.C6H15NO2/c1-10(2)8-22-9-11(3)23-17(21)12-5-6-13-14(7-12)16(20)18(4)15(13)19;10-7(11)4-1-2-5-6(3-4)9(13)14-8(5)12;1-5(7)3-9-4-6(2)8/h5-7,10-11H,8-9H2,1-4H3;1-3H,(H,10,11);5-6,8H,3-4,7H2,1-2H3. The number of nitrogens with two attached hydrogens (primary N) is 1. The van der Waals surface area contributed by atoms with Crippen LogP contribution in [0, 0.1) is 5.92 Å². The van der Waals surface area contributed by atoms with Gasteiger partial charge in [0.1, 0.15) is 6.10 Å².